The molecule has 32 heavy (non-hydrogen) atoms. The van der Waals surface area contributed by atoms with Crippen molar-refractivity contribution >= 4 is 34.9 Å². The Morgan fingerprint density at radius 1 is 1.06 bits per heavy atom. The van der Waals surface area contributed by atoms with E-state index in [9.17, 15) is 19.2 Å². The van der Waals surface area contributed by atoms with E-state index in [0.717, 1.165) is 5.69 Å². The smallest absolute Gasteiger partial charge is 0.306 e. The molecule has 2 amide bonds. The van der Waals surface area contributed by atoms with Crippen molar-refractivity contribution in [2.45, 2.75) is 26.7 Å². The zero-order valence-corrected chi connectivity index (χ0v) is 18.2. The number of carbonyl (C=O) groups excluding carboxylic acids is 4. The van der Waals surface area contributed by atoms with E-state index in [1.165, 1.54) is 11.0 Å². The van der Waals surface area contributed by atoms with Gasteiger partial charge in [-0.2, -0.15) is 0 Å². The highest BCUT2D eigenvalue weighted by Gasteiger charge is 2.30. The van der Waals surface area contributed by atoms with Crippen molar-refractivity contribution in [3.63, 3.8) is 0 Å². The Labute approximate surface area is 186 Å². The number of ketones is 1. The second-order valence-corrected chi connectivity index (χ2v) is 7.15. The predicted octanol–water partition coefficient (Wildman–Crippen LogP) is 2.99. The summed E-state index contributed by atoms with van der Waals surface area (Å²) < 4.78 is 10.3. The summed E-state index contributed by atoms with van der Waals surface area (Å²) in [7, 11) is 0. The molecule has 8 heteroatoms. The minimum Gasteiger partial charge on any atom is -0.482 e. The van der Waals surface area contributed by atoms with Crippen LogP contribution in [0, 0.1) is 0 Å². The van der Waals surface area contributed by atoms with Crippen LogP contribution in [0.3, 0.4) is 0 Å². The van der Waals surface area contributed by atoms with Gasteiger partial charge >= 0.3 is 5.97 Å². The lowest BCUT2D eigenvalue weighted by Gasteiger charge is -2.31. The molecule has 0 unspecified atom stereocenters. The molecule has 0 radical (unpaired) electrons. The van der Waals surface area contributed by atoms with Gasteiger partial charge in [0.25, 0.3) is 5.91 Å². The van der Waals surface area contributed by atoms with E-state index in [0.29, 0.717) is 23.5 Å². The van der Waals surface area contributed by atoms with Crippen LogP contribution in [0.25, 0.3) is 0 Å². The van der Waals surface area contributed by atoms with Crippen molar-refractivity contribution in [3.8, 4) is 5.75 Å². The summed E-state index contributed by atoms with van der Waals surface area (Å²) in [5.41, 5.74) is 1.43. The molecule has 8 nitrogen and oxygen atoms in total. The molecule has 0 aliphatic carbocycles. The molecular formula is C24H26N2O6. The molecule has 1 aliphatic rings. The Hall–Kier alpha value is -3.68. The van der Waals surface area contributed by atoms with E-state index in [1.807, 2.05) is 37.3 Å². The average molecular weight is 438 g/mol. The fraction of sp³-hybridized carbons (Fsp3) is 0.333. The van der Waals surface area contributed by atoms with Gasteiger partial charge in [-0.1, -0.05) is 18.2 Å². The van der Waals surface area contributed by atoms with E-state index in [4.69, 9.17) is 9.47 Å². The van der Waals surface area contributed by atoms with Crippen LogP contribution in [0.1, 0.15) is 37.0 Å². The number of para-hydroxylation sites is 1. The van der Waals surface area contributed by atoms with Gasteiger partial charge in [0.15, 0.2) is 12.4 Å². The van der Waals surface area contributed by atoms with Crippen molar-refractivity contribution in [2.24, 2.45) is 0 Å². The number of benzene rings is 2. The fourth-order valence-electron chi connectivity index (χ4n) is 3.47. The molecule has 0 saturated heterocycles. The maximum atomic E-state index is 13.0. The number of likely N-dealkylation sites (N-methyl/N-ethyl adjacent to an activating group) is 1. The maximum Gasteiger partial charge on any atom is 0.306 e. The van der Waals surface area contributed by atoms with Gasteiger partial charge in [0.2, 0.25) is 5.91 Å². The minimum atomic E-state index is -0.440. The molecule has 1 aliphatic heterocycles. The lowest BCUT2D eigenvalue weighted by molar-refractivity contribution is -0.143. The largest absolute Gasteiger partial charge is 0.482 e. The summed E-state index contributed by atoms with van der Waals surface area (Å²) in [6, 6.07) is 13.9. The second-order valence-electron chi connectivity index (χ2n) is 7.15. The quantitative estimate of drug-likeness (QED) is 0.441. The molecular weight excluding hydrogens is 412 g/mol. The Bertz CT molecular complexity index is 1000. The molecule has 0 bridgehead atoms. The number of esters is 1. The second kappa shape index (κ2) is 10.6. The fourth-order valence-corrected chi connectivity index (χ4v) is 3.47. The molecule has 0 spiro atoms. The van der Waals surface area contributed by atoms with E-state index < -0.39 is 5.97 Å². The van der Waals surface area contributed by atoms with Gasteiger partial charge in [-0.05, 0) is 44.2 Å². The molecule has 0 aromatic heterocycles. The number of amides is 2. The Morgan fingerprint density at radius 3 is 2.50 bits per heavy atom. The minimum absolute atomic E-state index is 0.0109. The molecule has 0 saturated carbocycles. The normalized spacial score (nSPS) is 12.6. The van der Waals surface area contributed by atoms with Crippen LogP contribution < -0.4 is 14.5 Å². The number of anilines is 2. The number of rotatable bonds is 9. The van der Waals surface area contributed by atoms with E-state index in [-0.39, 0.29) is 50.2 Å². The van der Waals surface area contributed by atoms with Crippen molar-refractivity contribution in [1.29, 1.82) is 0 Å². The summed E-state index contributed by atoms with van der Waals surface area (Å²) in [5, 5.41) is 0. The van der Waals surface area contributed by atoms with Crippen molar-refractivity contribution in [3.05, 3.63) is 54.1 Å². The predicted molar refractivity (Wildman–Crippen MR) is 119 cm³/mol. The molecule has 2 aromatic carbocycles. The van der Waals surface area contributed by atoms with Gasteiger partial charge in [0, 0.05) is 24.2 Å². The standard InChI is InChI=1S/C24H26N2O6/c1-3-25(18-8-6-5-7-9-18)22(28)15-26-19-14-17(10-12-21(19)32-16-23(26)29)20(27)11-13-24(30)31-4-2/h5-10,12,14H,3-4,11,13,15-16H2,1-2H3. The van der Waals surface area contributed by atoms with Gasteiger partial charge < -0.3 is 14.4 Å². The highest BCUT2D eigenvalue weighted by molar-refractivity contribution is 6.07. The van der Waals surface area contributed by atoms with Gasteiger partial charge in [-0.3, -0.25) is 24.1 Å². The summed E-state index contributed by atoms with van der Waals surface area (Å²) in [6.07, 6.45) is -0.0348. The zero-order chi connectivity index (χ0) is 23.1. The molecule has 0 fully saturated rings. The number of hydrogen-bond donors (Lipinski definition) is 0. The van der Waals surface area contributed by atoms with Crippen LogP contribution in [0.2, 0.25) is 0 Å². The number of fused-ring (bicyclic) bond motifs is 1. The first-order valence-electron chi connectivity index (χ1n) is 10.6. The molecule has 0 atom stereocenters. The molecule has 168 valence electrons. The first-order chi connectivity index (χ1) is 15.4. The van der Waals surface area contributed by atoms with Gasteiger partial charge in [-0.15, -0.1) is 0 Å². The lowest BCUT2D eigenvalue weighted by atomic mass is 10.0. The lowest BCUT2D eigenvalue weighted by Crippen LogP contribution is -2.46. The zero-order valence-electron chi connectivity index (χ0n) is 18.2. The third-order valence-electron chi connectivity index (χ3n) is 5.06. The first-order valence-corrected chi connectivity index (χ1v) is 10.6. The Morgan fingerprint density at radius 2 is 1.81 bits per heavy atom. The number of hydrogen-bond acceptors (Lipinski definition) is 6. The number of carbonyl (C=O) groups is 4. The summed E-state index contributed by atoms with van der Waals surface area (Å²) in [4.78, 5) is 52.7. The molecule has 0 N–H and O–H groups in total. The van der Waals surface area contributed by atoms with Crippen LogP contribution in [0.15, 0.2) is 48.5 Å². The van der Waals surface area contributed by atoms with E-state index in [2.05, 4.69) is 0 Å². The van der Waals surface area contributed by atoms with E-state index in [1.54, 1.807) is 24.0 Å². The van der Waals surface area contributed by atoms with Gasteiger partial charge in [0.1, 0.15) is 12.3 Å². The van der Waals surface area contributed by atoms with Crippen LogP contribution >= 0.6 is 0 Å². The monoisotopic (exact) mass is 438 g/mol. The number of nitrogens with zero attached hydrogens (tertiary/aromatic N) is 2. The number of Topliss-reactive ketones (excluding diaryl/α,β-unsaturated/α-hetero) is 1. The molecule has 2 aromatic rings. The van der Waals surface area contributed by atoms with Gasteiger partial charge in [0.05, 0.1) is 18.7 Å². The Balaban J connectivity index is 1.79. The van der Waals surface area contributed by atoms with Crippen molar-refractivity contribution in [1.82, 2.24) is 0 Å². The van der Waals surface area contributed by atoms with Gasteiger partial charge in [-0.25, -0.2) is 0 Å². The van der Waals surface area contributed by atoms with Crippen molar-refractivity contribution in [2.75, 3.05) is 36.1 Å². The number of ether oxygens (including phenoxy) is 2. The topological polar surface area (TPSA) is 93.2 Å². The van der Waals surface area contributed by atoms with Crippen LogP contribution in [0.4, 0.5) is 11.4 Å². The van der Waals surface area contributed by atoms with Crippen LogP contribution in [0.5, 0.6) is 5.75 Å². The Kier molecular flexibility index (Phi) is 7.59. The van der Waals surface area contributed by atoms with Crippen LogP contribution in [-0.2, 0) is 19.1 Å². The third kappa shape index (κ3) is 5.32. The van der Waals surface area contributed by atoms with E-state index >= 15 is 0 Å². The average Bonchev–Trinajstić information content (AvgIpc) is 2.80. The highest BCUT2D eigenvalue weighted by Crippen LogP contribution is 2.33. The summed E-state index contributed by atoms with van der Waals surface area (Å²) >= 11 is 0. The maximum absolute atomic E-state index is 13.0. The third-order valence-corrected chi connectivity index (χ3v) is 5.06. The van der Waals surface area contributed by atoms with Crippen LogP contribution in [-0.4, -0.2) is 49.9 Å². The summed E-state index contributed by atoms with van der Waals surface area (Å²) in [5.74, 6) is -0.901. The highest BCUT2D eigenvalue weighted by atomic mass is 16.5. The van der Waals surface area contributed by atoms with Crippen molar-refractivity contribution < 1.29 is 28.7 Å². The summed E-state index contributed by atoms with van der Waals surface area (Å²) in [6.45, 7) is 3.90. The molecule has 1 heterocycles. The first kappa shape index (κ1) is 23.0. The SMILES string of the molecule is CCOC(=O)CCC(=O)c1ccc2c(c1)N(CC(=O)N(CC)c1ccccc1)C(=O)CO2. The molecule has 3 rings (SSSR count).